The van der Waals surface area contributed by atoms with E-state index in [4.69, 9.17) is 39.5 Å². The summed E-state index contributed by atoms with van der Waals surface area (Å²) in [6.45, 7) is 2.99. The van der Waals surface area contributed by atoms with Crippen LogP contribution in [0.25, 0.3) is 0 Å². The number of halogens is 3. The number of methoxy groups -OCH3 is 1. The molecule has 6 nitrogen and oxygen atoms in total. The largest absolute Gasteiger partial charge is 0.495 e. The fourth-order valence-corrected chi connectivity index (χ4v) is 5.25. The lowest BCUT2D eigenvalue weighted by atomic mass is 10.2. The Morgan fingerprint density at radius 2 is 1.70 bits per heavy atom. The quantitative estimate of drug-likeness (QED) is 0.402. The maximum Gasteiger partial charge on any atom is 0.268 e. The van der Waals surface area contributed by atoms with Gasteiger partial charge in [-0.1, -0.05) is 46.9 Å². The molecule has 33 heavy (non-hydrogen) atoms. The Balaban J connectivity index is 2.07. The Morgan fingerprint density at radius 1 is 0.970 bits per heavy atom. The van der Waals surface area contributed by atoms with Crippen LogP contribution in [0.3, 0.4) is 0 Å². The number of amides is 1. The van der Waals surface area contributed by atoms with Gasteiger partial charge in [0.05, 0.1) is 22.8 Å². The lowest BCUT2D eigenvalue weighted by Crippen LogP contribution is -2.38. The van der Waals surface area contributed by atoms with Crippen molar-refractivity contribution in [3.63, 3.8) is 0 Å². The van der Waals surface area contributed by atoms with Gasteiger partial charge < -0.3 is 10.1 Å². The standard InChI is InChI=1S/C23H21Cl3N2O4S/c1-14-7-10-21(32-3)22(11-14)33(30,31)28(16-8-9-18(25)19(26)12-16)13-23(29)27-20-6-4-5-17(24)15(20)2/h4-12H,13H2,1-3H3,(H,27,29). The van der Waals surface area contributed by atoms with Crippen molar-refractivity contribution in [1.82, 2.24) is 0 Å². The number of sulfonamides is 1. The molecule has 0 fully saturated rings. The average molecular weight is 528 g/mol. The molecule has 10 heteroatoms. The van der Waals surface area contributed by atoms with Crippen LogP contribution in [0.1, 0.15) is 11.1 Å². The number of benzene rings is 3. The van der Waals surface area contributed by atoms with Gasteiger partial charge in [0.1, 0.15) is 17.2 Å². The molecular formula is C23H21Cl3N2O4S. The molecule has 0 aliphatic rings. The van der Waals surface area contributed by atoms with E-state index in [0.29, 0.717) is 21.8 Å². The maximum absolute atomic E-state index is 13.7. The number of rotatable bonds is 7. The summed E-state index contributed by atoms with van der Waals surface area (Å²) in [4.78, 5) is 12.9. The van der Waals surface area contributed by atoms with Crippen LogP contribution < -0.4 is 14.4 Å². The van der Waals surface area contributed by atoms with E-state index in [2.05, 4.69) is 5.32 Å². The molecule has 0 aliphatic heterocycles. The van der Waals surface area contributed by atoms with Gasteiger partial charge in [0.25, 0.3) is 10.0 Å². The third kappa shape index (κ3) is 5.55. The van der Waals surface area contributed by atoms with Crippen LogP contribution in [0.15, 0.2) is 59.5 Å². The van der Waals surface area contributed by atoms with E-state index in [-0.39, 0.29) is 26.4 Å². The predicted molar refractivity (Wildman–Crippen MR) is 134 cm³/mol. The van der Waals surface area contributed by atoms with Crippen molar-refractivity contribution in [3.05, 3.63) is 80.8 Å². The first kappa shape index (κ1) is 25.2. The molecule has 174 valence electrons. The number of hydrogen-bond acceptors (Lipinski definition) is 4. The fourth-order valence-electron chi connectivity index (χ4n) is 3.12. The minimum atomic E-state index is -4.23. The topological polar surface area (TPSA) is 75.7 Å². The number of ether oxygens (including phenoxy) is 1. The van der Waals surface area contributed by atoms with Crippen molar-refractivity contribution in [1.29, 1.82) is 0 Å². The van der Waals surface area contributed by atoms with Crippen LogP contribution in [-0.4, -0.2) is 28.0 Å². The van der Waals surface area contributed by atoms with E-state index in [1.54, 1.807) is 44.2 Å². The number of carbonyl (C=O) groups excluding carboxylic acids is 1. The van der Waals surface area contributed by atoms with Crippen LogP contribution in [-0.2, 0) is 14.8 Å². The van der Waals surface area contributed by atoms with E-state index >= 15 is 0 Å². The molecule has 0 saturated carbocycles. The lowest BCUT2D eigenvalue weighted by Gasteiger charge is -2.25. The van der Waals surface area contributed by atoms with Crippen molar-refractivity contribution in [2.75, 3.05) is 23.3 Å². The van der Waals surface area contributed by atoms with Crippen molar-refractivity contribution < 1.29 is 17.9 Å². The average Bonchev–Trinajstić information content (AvgIpc) is 2.77. The molecule has 3 rings (SSSR count). The SMILES string of the molecule is COc1ccc(C)cc1S(=O)(=O)N(CC(=O)Nc1cccc(Cl)c1C)c1ccc(Cl)c(Cl)c1. The normalized spacial score (nSPS) is 11.2. The third-order valence-electron chi connectivity index (χ3n) is 4.91. The summed E-state index contributed by atoms with van der Waals surface area (Å²) in [5.41, 5.74) is 2.03. The van der Waals surface area contributed by atoms with Crippen molar-refractivity contribution >= 4 is 62.1 Å². The van der Waals surface area contributed by atoms with Crippen molar-refractivity contribution in [3.8, 4) is 5.75 Å². The molecule has 0 saturated heterocycles. The number of nitrogens with one attached hydrogen (secondary N) is 1. The highest BCUT2D eigenvalue weighted by molar-refractivity contribution is 7.93. The van der Waals surface area contributed by atoms with Crippen LogP contribution in [0.5, 0.6) is 5.75 Å². The van der Waals surface area contributed by atoms with Crippen LogP contribution in [0.2, 0.25) is 15.1 Å². The van der Waals surface area contributed by atoms with Crippen LogP contribution in [0.4, 0.5) is 11.4 Å². The summed E-state index contributed by atoms with van der Waals surface area (Å²) in [7, 11) is -2.86. The van der Waals surface area contributed by atoms with Gasteiger partial charge in [-0.3, -0.25) is 9.10 Å². The summed E-state index contributed by atoms with van der Waals surface area (Å²) < 4.78 is 33.7. The van der Waals surface area contributed by atoms with Gasteiger partial charge in [0, 0.05) is 10.7 Å². The van der Waals surface area contributed by atoms with Gasteiger partial charge in [-0.15, -0.1) is 0 Å². The van der Waals surface area contributed by atoms with Gasteiger partial charge in [0.15, 0.2) is 0 Å². The van der Waals surface area contributed by atoms with Gasteiger partial charge in [-0.2, -0.15) is 0 Å². The summed E-state index contributed by atoms with van der Waals surface area (Å²) in [6.07, 6.45) is 0. The van der Waals surface area contributed by atoms with Gasteiger partial charge in [-0.25, -0.2) is 8.42 Å². The van der Waals surface area contributed by atoms with Crippen molar-refractivity contribution in [2.24, 2.45) is 0 Å². The second kappa shape index (κ2) is 10.2. The van der Waals surface area contributed by atoms with Gasteiger partial charge in [-0.05, 0) is 67.4 Å². The molecule has 1 N–H and O–H groups in total. The Morgan fingerprint density at radius 3 is 2.36 bits per heavy atom. The number of aryl methyl sites for hydroxylation is 1. The molecule has 3 aromatic carbocycles. The Hall–Kier alpha value is -2.45. The highest BCUT2D eigenvalue weighted by atomic mass is 35.5. The summed E-state index contributed by atoms with van der Waals surface area (Å²) in [5, 5.41) is 3.60. The first-order valence-corrected chi connectivity index (χ1v) is 12.3. The molecule has 0 radical (unpaired) electrons. The predicted octanol–water partition coefficient (Wildman–Crippen LogP) is 6.11. The first-order chi connectivity index (χ1) is 15.5. The number of hydrogen-bond donors (Lipinski definition) is 1. The molecule has 0 spiro atoms. The summed E-state index contributed by atoms with van der Waals surface area (Å²) in [6, 6.07) is 14.2. The second-order valence-electron chi connectivity index (χ2n) is 7.22. The molecule has 0 unspecified atom stereocenters. The number of nitrogens with zero attached hydrogens (tertiary/aromatic N) is 1. The second-order valence-corrected chi connectivity index (χ2v) is 10.3. The zero-order valence-electron chi connectivity index (χ0n) is 18.0. The lowest BCUT2D eigenvalue weighted by molar-refractivity contribution is -0.114. The molecule has 0 heterocycles. The molecule has 3 aromatic rings. The van der Waals surface area contributed by atoms with E-state index in [1.165, 1.54) is 31.4 Å². The zero-order valence-corrected chi connectivity index (χ0v) is 21.1. The van der Waals surface area contributed by atoms with Gasteiger partial charge >= 0.3 is 0 Å². The molecule has 0 atom stereocenters. The minimum Gasteiger partial charge on any atom is -0.495 e. The number of anilines is 2. The summed E-state index contributed by atoms with van der Waals surface area (Å²) in [5.74, 6) is -0.418. The van der Waals surface area contributed by atoms with E-state index in [1.807, 2.05) is 0 Å². The Kier molecular flexibility index (Phi) is 7.80. The molecule has 0 aromatic heterocycles. The first-order valence-electron chi connectivity index (χ1n) is 9.72. The Bertz CT molecular complexity index is 1310. The van der Waals surface area contributed by atoms with Crippen LogP contribution >= 0.6 is 34.8 Å². The molecule has 1 amide bonds. The van der Waals surface area contributed by atoms with Crippen LogP contribution in [0, 0.1) is 13.8 Å². The smallest absolute Gasteiger partial charge is 0.268 e. The number of carbonyl (C=O) groups is 1. The van der Waals surface area contributed by atoms with E-state index in [0.717, 1.165) is 4.31 Å². The van der Waals surface area contributed by atoms with E-state index in [9.17, 15) is 13.2 Å². The molecule has 0 aliphatic carbocycles. The fraction of sp³-hybridized carbons (Fsp3) is 0.174. The molecule has 0 bridgehead atoms. The maximum atomic E-state index is 13.7. The zero-order chi connectivity index (χ0) is 24.3. The van der Waals surface area contributed by atoms with E-state index < -0.39 is 22.5 Å². The highest BCUT2D eigenvalue weighted by Crippen LogP contribution is 2.34. The third-order valence-corrected chi connectivity index (χ3v) is 7.85. The monoisotopic (exact) mass is 526 g/mol. The molecular weight excluding hydrogens is 507 g/mol. The highest BCUT2D eigenvalue weighted by Gasteiger charge is 2.30. The summed E-state index contributed by atoms with van der Waals surface area (Å²) >= 11 is 18.3. The minimum absolute atomic E-state index is 0.0807. The Labute approximate surface area is 208 Å². The van der Waals surface area contributed by atoms with Crippen molar-refractivity contribution in [2.45, 2.75) is 18.7 Å². The van der Waals surface area contributed by atoms with Gasteiger partial charge in [0.2, 0.25) is 5.91 Å².